The number of hydrogen-bond donors (Lipinski definition) is 4. The lowest BCUT2D eigenvalue weighted by molar-refractivity contribution is -0.163. The van der Waals surface area contributed by atoms with Crippen molar-refractivity contribution in [1.82, 2.24) is 15.5 Å². The van der Waals surface area contributed by atoms with E-state index in [1.807, 2.05) is 6.92 Å². The highest BCUT2D eigenvalue weighted by molar-refractivity contribution is 8.03. The fraction of sp³-hybridized carbons (Fsp3) is 0.778. The number of hydrogen-bond acceptors (Lipinski definition) is 6. The molecule has 7 atom stereocenters. The molecule has 0 radical (unpaired) electrons. The van der Waals surface area contributed by atoms with Crippen LogP contribution < -0.4 is 10.6 Å². The highest BCUT2D eigenvalue weighted by Crippen LogP contribution is 2.52. The van der Waals surface area contributed by atoms with Gasteiger partial charge in [0, 0.05) is 28.7 Å². The van der Waals surface area contributed by atoms with Crippen molar-refractivity contribution >= 4 is 23.6 Å². The number of carboxylic acid groups (broad SMARTS) is 1. The van der Waals surface area contributed by atoms with Gasteiger partial charge in [-0.15, -0.1) is 11.8 Å². The summed E-state index contributed by atoms with van der Waals surface area (Å²) < 4.78 is 0. The highest BCUT2D eigenvalue weighted by Gasteiger charge is 2.60. The Kier molecular flexibility index (Phi) is 4.79. The zero-order valence-electron chi connectivity index (χ0n) is 15.1. The second-order valence-corrected chi connectivity index (χ2v) is 9.36. The minimum absolute atomic E-state index is 0.0457. The van der Waals surface area contributed by atoms with E-state index in [2.05, 4.69) is 10.6 Å². The van der Waals surface area contributed by atoms with E-state index in [4.69, 9.17) is 0 Å². The number of thioether (sulfide) groups is 1. The number of carbonyl (C=O) groups excluding carboxylic acids is 1. The number of nitrogens with one attached hydrogen (secondary N) is 2. The van der Waals surface area contributed by atoms with E-state index in [0.29, 0.717) is 17.2 Å². The number of fused-ring (bicyclic) bond motifs is 1. The minimum Gasteiger partial charge on any atom is -0.477 e. The molecule has 0 saturated carbocycles. The lowest BCUT2D eigenvalue weighted by Crippen LogP contribution is -2.63. The quantitative estimate of drug-likeness (QED) is 0.505. The summed E-state index contributed by atoms with van der Waals surface area (Å²) in [4.78, 5) is 26.5. The summed E-state index contributed by atoms with van der Waals surface area (Å²) in [5, 5.41) is 27.0. The molecule has 0 aromatic heterocycles. The van der Waals surface area contributed by atoms with Crippen molar-refractivity contribution in [2.24, 2.45) is 17.8 Å². The van der Waals surface area contributed by atoms with Crippen molar-refractivity contribution in [3.8, 4) is 0 Å². The zero-order valence-corrected chi connectivity index (χ0v) is 16.0. The number of β-lactam (4-membered cyclic amide) rings is 1. The predicted molar refractivity (Wildman–Crippen MR) is 98.4 cm³/mol. The molecule has 0 spiro atoms. The summed E-state index contributed by atoms with van der Waals surface area (Å²) >= 11 is 1.63. The number of rotatable bonds is 5. The van der Waals surface area contributed by atoms with Crippen LogP contribution in [0.5, 0.6) is 0 Å². The Morgan fingerprint density at radius 3 is 2.77 bits per heavy atom. The molecule has 3 fully saturated rings. The first-order valence-corrected chi connectivity index (χ1v) is 10.4. The highest BCUT2D eigenvalue weighted by atomic mass is 32.2. The van der Waals surface area contributed by atoms with Crippen molar-refractivity contribution < 1.29 is 19.8 Å². The Bertz CT molecular complexity index is 646. The van der Waals surface area contributed by atoms with Gasteiger partial charge < -0.3 is 25.7 Å². The fourth-order valence-electron chi connectivity index (χ4n) is 5.06. The molecular weight excluding hydrogens is 354 g/mol. The van der Waals surface area contributed by atoms with Crippen molar-refractivity contribution in [2.45, 2.75) is 50.1 Å². The number of carboxylic acids is 1. The van der Waals surface area contributed by atoms with Crippen LogP contribution in [0.3, 0.4) is 0 Å². The number of aliphatic hydroxyl groups excluding tert-OH is 1. The van der Waals surface area contributed by atoms with Crippen LogP contribution in [0.25, 0.3) is 0 Å². The Morgan fingerprint density at radius 1 is 1.38 bits per heavy atom. The Balaban J connectivity index is 1.50. The lowest BCUT2D eigenvalue weighted by atomic mass is 9.79. The number of carbonyl (C=O) groups is 2. The van der Waals surface area contributed by atoms with E-state index in [1.165, 1.54) is 11.3 Å². The van der Waals surface area contributed by atoms with Crippen molar-refractivity contribution in [1.29, 1.82) is 0 Å². The molecule has 4 heterocycles. The van der Waals surface area contributed by atoms with E-state index >= 15 is 0 Å². The van der Waals surface area contributed by atoms with Gasteiger partial charge in [-0.3, -0.25) is 4.79 Å². The van der Waals surface area contributed by atoms with Crippen LogP contribution in [-0.2, 0) is 9.59 Å². The topological polar surface area (TPSA) is 102 Å². The molecule has 144 valence electrons. The average molecular weight is 381 g/mol. The Morgan fingerprint density at radius 2 is 2.15 bits per heavy atom. The van der Waals surface area contributed by atoms with Gasteiger partial charge in [-0.1, -0.05) is 6.92 Å². The van der Waals surface area contributed by atoms with Gasteiger partial charge in [-0.05, 0) is 38.8 Å². The molecule has 26 heavy (non-hydrogen) atoms. The first-order chi connectivity index (χ1) is 12.4. The van der Waals surface area contributed by atoms with Crippen LogP contribution in [0.4, 0.5) is 0 Å². The van der Waals surface area contributed by atoms with Crippen LogP contribution in [0.15, 0.2) is 10.6 Å². The Labute approximate surface area is 157 Å². The Hall–Kier alpha value is -1.09. The summed E-state index contributed by atoms with van der Waals surface area (Å²) in [5.74, 6) is -1.19. The van der Waals surface area contributed by atoms with Gasteiger partial charge in [0.1, 0.15) is 5.70 Å². The number of amides is 1. The normalized spacial score (nSPS) is 40.7. The molecule has 4 rings (SSSR count). The third-order valence-electron chi connectivity index (χ3n) is 6.40. The van der Waals surface area contributed by atoms with Crippen molar-refractivity contribution in [3.63, 3.8) is 0 Å². The van der Waals surface area contributed by atoms with Crippen LogP contribution in [0.1, 0.15) is 26.7 Å². The lowest BCUT2D eigenvalue weighted by Gasteiger charge is -2.46. The number of aliphatic hydroxyl groups is 1. The summed E-state index contributed by atoms with van der Waals surface area (Å²) in [5.41, 5.74) is 0.139. The molecule has 4 aliphatic heterocycles. The molecule has 7 nitrogen and oxygen atoms in total. The van der Waals surface area contributed by atoms with Crippen LogP contribution in [0, 0.1) is 17.8 Å². The first-order valence-electron chi connectivity index (χ1n) is 9.49. The average Bonchev–Trinajstić information content (AvgIpc) is 3.28. The summed E-state index contributed by atoms with van der Waals surface area (Å²) in [6.45, 7) is 6.59. The molecule has 4 N–H and O–H groups in total. The largest absolute Gasteiger partial charge is 0.477 e. The molecular formula is C18H27N3O4S. The van der Waals surface area contributed by atoms with Gasteiger partial charge in [0.2, 0.25) is 5.91 Å². The van der Waals surface area contributed by atoms with Gasteiger partial charge in [-0.25, -0.2) is 4.79 Å². The van der Waals surface area contributed by atoms with E-state index in [-0.39, 0.29) is 23.6 Å². The molecule has 0 bridgehead atoms. The SMILES string of the molecule is C[C@@H](O)[C@H]1C(=O)N2C(C(=O)O)=C(S[C@@H]3CN[C@H]([C@H]4CCNC4)C3)[C@H](C)[C@H]12. The minimum atomic E-state index is -1.04. The van der Waals surface area contributed by atoms with E-state index in [9.17, 15) is 19.8 Å². The van der Waals surface area contributed by atoms with Crippen molar-refractivity contribution in [2.75, 3.05) is 19.6 Å². The van der Waals surface area contributed by atoms with Gasteiger partial charge in [-0.2, -0.15) is 0 Å². The molecule has 0 aromatic rings. The first kappa shape index (κ1) is 18.3. The maximum Gasteiger partial charge on any atom is 0.353 e. The summed E-state index contributed by atoms with van der Waals surface area (Å²) in [6.07, 6.45) is 1.46. The van der Waals surface area contributed by atoms with Crippen LogP contribution in [0.2, 0.25) is 0 Å². The molecule has 1 amide bonds. The maximum absolute atomic E-state index is 12.4. The second-order valence-electron chi connectivity index (χ2n) is 8.02. The second kappa shape index (κ2) is 6.82. The van der Waals surface area contributed by atoms with Crippen LogP contribution >= 0.6 is 11.8 Å². The number of aliphatic carboxylic acids is 1. The molecule has 0 unspecified atom stereocenters. The third kappa shape index (κ3) is 2.78. The number of nitrogens with zero attached hydrogens (tertiary/aromatic N) is 1. The molecule has 3 saturated heterocycles. The standard InChI is InChI=1S/C18H27N3O4S/c1-8-14-13(9(2)22)17(23)21(14)15(18(24)25)16(8)26-11-5-12(20-7-11)10-3-4-19-6-10/h8-14,19-20,22H,3-7H2,1-2H3,(H,24,25)/t8-,9-,10+,11+,12+,13-,14-/m1/s1. The molecule has 0 aliphatic carbocycles. The van der Waals surface area contributed by atoms with E-state index in [1.54, 1.807) is 18.7 Å². The predicted octanol–water partition coefficient (Wildman–Crippen LogP) is 0.213. The molecule has 8 heteroatoms. The molecule has 0 aromatic carbocycles. The van der Waals surface area contributed by atoms with Gasteiger partial charge in [0.15, 0.2) is 0 Å². The van der Waals surface area contributed by atoms with E-state index in [0.717, 1.165) is 31.0 Å². The zero-order chi connectivity index (χ0) is 18.6. The monoisotopic (exact) mass is 381 g/mol. The van der Waals surface area contributed by atoms with Crippen molar-refractivity contribution in [3.05, 3.63) is 10.6 Å². The van der Waals surface area contributed by atoms with Gasteiger partial charge in [0.25, 0.3) is 0 Å². The van der Waals surface area contributed by atoms with Gasteiger partial charge in [0.05, 0.1) is 18.1 Å². The van der Waals surface area contributed by atoms with E-state index < -0.39 is 18.0 Å². The summed E-state index contributed by atoms with van der Waals surface area (Å²) in [7, 11) is 0. The smallest absolute Gasteiger partial charge is 0.353 e. The molecule has 4 aliphatic rings. The van der Waals surface area contributed by atoms with Gasteiger partial charge >= 0.3 is 5.97 Å². The summed E-state index contributed by atoms with van der Waals surface area (Å²) in [6, 6.07) is 0.261. The third-order valence-corrected chi connectivity index (χ3v) is 7.91. The fourth-order valence-corrected chi connectivity index (χ4v) is 6.55. The van der Waals surface area contributed by atoms with Crippen LogP contribution in [-0.4, -0.2) is 70.1 Å². The maximum atomic E-state index is 12.4.